The molecular weight excluding hydrogens is 209 g/mol. The number of halogens is 3. The largest absolute Gasteiger partial charge is 0.411 e. The summed E-state index contributed by atoms with van der Waals surface area (Å²) in [6, 6.07) is 0. The van der Waals surface area contributed by atoms with E-state index in [1.165, 1.54) is 0 Å². The van der Waals surface area contributed by atoms with Crippen molar-refractivity contribution in [3.63, 3.8) is 0 Å². The average molecular weight is 226 g/mol. The highest BCUT2D eigenvalue weighted by Gasteiger charge is 2.34. The van der Waals surface area contributed by atoms with Crippen LogP contribution in [-0.2, 0) is 4.74 Å². The van der Waals surface area contributed by atoms with Gasteiger partial charge < -0.3 is 10.5 Å². The molecule has 0 bridgehead atoms. The molecule has 0 aromatic carbocycles. The molecule has 0 aromatic heterocycles. The summed E-state index contributed by atoms with van der Waals surface area (Å²) in [6.07, 6.45) is -3.60. The third-order valence-electron chi connectivity index (χ3n) is 2.20. The molecule has 0 atom stereocenters. The average Bonchev–Trinajstić information content (AvgIpc) is 1.97. The summed E-state index contributed by atoms with van der Waals surface area (Å²) < 4.78 is 39.5. The molecule has 15 heavy (non-hydrogen) atoms. The summed E-state index contributed by atoms with van der Waals surface area (Å²) in [6.45, 7) is 3.34. The van der Waals surface area contributed by atoms with Crippen molar-refractivity contribution in [3.05, 3.63) is 0 Å². The monoisotopic (exact) mass is 226 g/mol. The van der Waals surface area contributed by atoms with Crippen LogP contribution in [0, 0.1) is 0 Å². The zero-order valence-corrected chi connectivity index (χ0v) is 8.81. The Labute approximate surface area is 87.4 Å². The minimum atomic E-state index is -4.22. The van der Waals surface area contributed by atoms with Gasteiger partial charge in [-0.1, -0.05) is 0 Å². The van der Waals surface area contributed by atoms with Gasteiger partial charge in [0.15, 0.2) is 0 Å². The summed E-state index contributed by atoms with van der Waals surface area (Å²) in [5, 5.41) is 0. The molecule has 1 aliphatic rings. The Morgan fingerprint density at radius 3 is 2.47 bits per heavy atom. The zero-order valence-electron chi connectivity index (χ0n) is 8.81. The molecule has 1 rings (SSSR count). The Morgan fingerprint density at radius 1 is 1.40 bits per heavy atom. The number of nitrogens with two attached hydrogens (primary N) is 1. The molecule has 1 saturated heterocycles. The van der Waals surface area contributed by atoms with Crippen molar-refractivity contribution < 1.29 is 17.9 Å². The molecule has 2 N–H and O–H groups in total. The zero-order chi connectivity index (χ0) is 11.5. The highest BCUT2D eigenvalue weighted by atomic mass is 19.4. The first-order valence-electron chi connectivity index (χ1n) is 4.94. The van der Waals surface area contributed by atoms with Crippen molar-refractivity contribution in [2.45, 2.75) is 25.1 Å². The Morgan fingerprint density at radius 2 is 2.00 bits per heavy atom. The van der Waals surface area contributed by atoms with Crippen LogP contribution in [0.5, 0.6) is 0 Å². The Bertz CT molecular complexity index is 198. The van der Waals surface area contributed by atoms with E-state index in [0.29, 0.717) is 6.42 Å². The lowest BCUT2D eigenvalue weighted by Crippen LogP contribution is -2.65. The summed E-state index contributed by atoms with van der Waals surface area (Å²) in [4.78, 5) is 2.11. The minimum absolute atomic E-state index is 0.118. The van der Waals surface area contributed by atoms with E-state index in [2.05, 4.69) is 9.64 Å². The van der Waals surface area contributed by atoms with Gasteiger partial charge in [-0.05, 0) is 13.3 Å². The highest BCUT2D eigenvalue weighted by molar-refractivity contribution is 4.95. The number of ether oxygens (including phenoxy) is 1. The van der Waals surface area contributed by atoms with E-state index in [9.17, 15) is 13.2 Å². The number of hydrogen-bond donors (Lipinski definition) is 1. The van der Waals surface area contributed by atoms with E-state index in [4.69, 9.17) is 5.73 Å². The van der Waals surface area contributed by atoms with Gasteiger partial charge in [0.25, 0.3) is 0 Å². The van der Waals surface area contributed by atoms with Crippen LogP contribution in [0.2, 0.25) is 0 Å². The third-order valence-corrected chi connectivity index (χ3v) is 2.20. The van der Waals surface area contributed by atoms with Crippen LogP contribution < -0.4 is 5.73 Å². The molecule has 1 aliphatic heterocycles. The van der Waals surface area contributed by atoms with Crippen molar-refractivity contribution >= 4 is 0 Å². The van der Waals surface area contributed by atoms with E-state index in [-0.39, 0.29) is 12.1 Å². The molecule has 0 saturated carbocycles. The maximum absolute atomic E-state index is 11.7. The first-order chi connectivity index (χ1) is 6.79. The van der Waals surface area contributed by atoms with Crippen molar-refractivity contribution in [1.82, 2.24) is 4.90 Å². The summed E-state index contributed by atoms with van der Waals surface area (Å²) in [7, 11) is 0. The standard InChI is InChI=1S/C9H17F3N2O/c1-8(13)5-14(6-8)3-2-4-15-7-9(10,11)12/h2-7,13H2,1H3. The second-order valence-corrected chi connectivity index (χ2v) is 4.39. The maximum atomic E-state index is 11.7. The molecule has 1 fully saturated rings. The van der Waals surface area contributed by atoms with Crippen LogP contribution in [0.1, 0.15) is 13.3 Å². The van der Waals surface area contributed by atoms with Crippen molar-refractivity contribution in [2.24, 2.45) is 5.73 Å². The molecule has 0 radical (unpaired) electrons. The second-order valence-electron chi connectivity index (χ2n) is 4.39. The smallest absolute Gasteiger partial charge is 0.372 e. The molecule has 6 heteroatoms. The summed E-state index contributed by atoms with van der Waals surface area (Å²) in [5.41, 5.74) is 5.66. The molecule has 0 aliphatic carbocycles. The lowest BCUT2D eigenvalue weighted by molar-refractivity contribution is -0.174. The van der Waals surface area contributed by atoms with E-state index in [0.717, 1.165) is 19.6 Å². The van der Waals surface area contributed by atoms with Gasteiger partial charge in [0.05, 0.1) is 0 Å². The predicted molar refractivity (Wildman–Crippen MR) is 50.5 cm³/mol. The van der Waals surface area contributed by atoms with Crippen LogP contribution in [0.15, 0.2) is 0 Å². The van der Waals surface area contributed by atoms with E-state index in [1.54, 1.807) is 0 Å². The van der Waals surface area contributed by atoms with Gasteiger partial charge in [-0.3, -0.25) is 4.90 Å². The van der Waals surface area contributed by atoms with Crippen LogP contribution in [-0.4, -0.2) is 49.5 Å². The topological polar surface area (TPSA) is 38.5 Å². The van der Waals surface area contributed by atoms with Gasteiger partial charge in [0, 0.05) is 31.8 Å². The molecule has 0 unspecified atom stereocenters. The number of hydrogen-bond acceptors (Lipinski definition) is 3. The van der Waals surface area contributed by atoms with E-state index < -0.39 is 12.8 Å². The van der Waals surface area contributed by atoms with E-state index in [1.807, 2.05) is 6.92 Å². The molecule has 1 heterocycles. The molecular formula is C9H17F3N2O. The summed E-state index contributed by atoms with van der Waals surface area (Å²) >= 11 is 0. The van der Waals surface area contributed by atoms with Crippen LogP contribution in [0.3, 0.4) is 0 Å². The summed E-state index contributed by atoms with van der Waals surface area (Å²) in [5.74, 6) is 0. The Kier molecular flexibility index (Phi) is 3.97. The minimum Gasteiger partial charge on any atom is -0.372 e. The van der Waals surface area contributed by atoms with Gasteiger partial charge in [0.2, 0.25) is 0 Å². The molecule has 0 spiro atoms. The fraction of sp³-hybridized carbons (Fsp3) is 1.00. The Hall–Kier alpha value is -0.330. The van der Waals surface area contributed by atoms with Gasteiger partial charge in [-0.25, -0.2) is 0 Å². The number of rotatable bonds is 5. The van der Waals surface area contributed by atoms with Crippen LogP contribution in [0.4, 0.5) is 13.2 Å². The van der Waals surface area contributed by atoms with Crippen LogP contribution in [0.25, 0.3) is 0 Å². The predicted octanol–water partition coefficient (Wildman–Crippen LogP) is 0.988. The van der Waals surface area contributed by atoms with E-state index >= 15 is 0 Å². The van der Waals surface area contributed by atoms with Crippen molar-refractivity contribution in [1.29, 1.82) is 0 Å². The molecule has 0 amide bonds. The second kappa shape index (κ2) is 4.67. The number of alkyl halides is 3. The maximum Gasteiger partial charge on any atom is 0.411 e. The van der Waals surface area contributed by atoms with Gasteiger partial charge in [-0.2, -0.15) is 13.2 Å². The number of nitrogens with zero attached hydrogens (tertiary/aromatic N) is 1. The van der Waals surface area contributed by atoms with Gasteiger partial charge >= 0.3 is 6.18 Å². The van der Waals surface area contributed by atoms with Crippen molar-refractivity contribution in [2.75, 3.05) is 32.8 Å². The van der Waals surface area contributed by atoms with Crippen molar-refractivity contribution in [3.8, 4) is 0 Å². The SMILES string of the molecule is CC1(N)CN(CCCOCC(F)(F)F)C1. The first kappa shape index (κ1) is 12.7. The quantitative estimate of drug-likeness (QED) is 0.710. The fourth-order valence-electron chi connectivity index (χ4n) is 1.71. The highest BCUT2D eigenvalue weighted by Crippen LogP contribution is 2.17. The molecule has 3 nitrogen and oxygen atoms in total. The first-order valence-corrected chi connectivity index (χ1v) is 4.94. The van der Waals surface area contributed by atoms with Gasteiger partial charge in [-0.15, -0.1) is 0 Å². The Balaban J connectivity index is 1.91. The molecule has 90 valence electrons. The lowest BCUT2D eigenvalue weighted by Gasteiger charge is -2.45. The normalized spacial score (nSPS) is 21.4. The third kappa shape index (κ3) is 5.34. The fourth-order valence-corrected chi connectivity index (χ4v) is 1.71. The molecule has 0 aromatic rings. The van der Waals surface area contributed by atoms with Crippen LogP contribution >= 0.6 is 0 Å². The number of likely N-dealkylation sites (tertiary alicyclic amines) is 1. The lowest BCUT2D eigenvalue weighted by atomic mass is 9.94. The van der Waals surface area contributed by atoms with Gasteiger partial charge in [0.1, 0.15) is 6.61 Å².